The number of hydrogen-bond donors (Lipinski definition) is 0. The molecule has 0 saturated carbocycles. The van der Waals surface area contributed by atoms with Crippen LogP contribution in [-0.2, 0) is 19.0 Å². The van der Waals surface area contributed by atoms with E-state index in [2.05, 4.69) is 11.3 Å². The first-order valence-electron chi connectivity index (χ1n) is 6.14. The van der Waals surface area contributed by atoms with Crippen LogP contribution in [0, 0.1) is 0 Å². The summed E-state index contributed by atoms with van der Waals surface area (Å²) in [5.74, 6) is -1.59. The highest BCUT2D eigenvalue weighted by Gasteiger charge is 2.10. The van der Waals surface area contributed by atoms with Gasteiger partial charge in [-0.2, -0.15) is 0 Å². The number of carbonyl (C=O) groups excluding carboxylic acids is 3. The molecular weight excluding hydrogens is 276 g/mol. The van der Waals surface area contributed by atoms with Crippen molar-refractivity contribution in [2.24, 2.45) is 0 Å². The summed E-state index contributed by atoms with van der Waals surface area (Å²) in [7, 11) is 1.27. The van der Waals surface area contributed by atoms with E-state index in [9.17, 15) is 14.4 Å². The molecule has 6 nitrogen and oxygen atoms in total. The topological polar surface area (TPSA) is 78.9 Å². The van der Waals surface area contributed by atoms with Gasteiger partial charge in [-0.15, -0.1) is 0 Å². The number of hydrogen-bond acceptors (Lipinski definition) is 6. The average Bonchev–Trinajstić information content (AvgIpc) is 2.50. The van der Waals surface area contributed by atoms with E-state index in [0.29, 0.717) is 5.56 Å². The van der Waals surface area contributed by atoms with E-state index in [4.69, 9.17) is 9.47 Å². The van der Waals surface area contributed by atoms with E-state index in [1.807, 2.05) is 0 Å². The second-order valence-electron chi connectivity index (χ2n) is 4.12. The molecule has 0 amide bonds. The molecule has 0 saturated heterocycles. The predicted molar refractivity (Wildman–Crippen MR) is 73.8 cm³/mol. The van der Waals surface area contributed by atoms with E-state index < -0.39 is 17.9 Å². The maximum Gasteiger partial charge on any atom is 0.338 e. The zero-order chi connectivity index (χ0) is 15.8. The molecule has 112 valence electrons. The van der Waals surface area contributed by atoms with E-state index in [1.54, 1.807) is 0 Å². The standard InChI is InChI=1S/C15H16O6/c1-10(2)13(16)20-8-9-21-15(18)12-6-4-11(5-7-12)14(17)19-3/h4-7H,1,8-9H2,2-3H3. The Balaban J connectivity index is 2.44. The van der Waals surface area contributed by atoms with Gasteiger partial charge in [-0.05, 0) is 31.2 Å². The van der Waals surface area contributed by atoms with Gasteiger partial charge in [0, 0.05) is 5.57 Å². The van der Waals surface area contributed by atoms with E-state index >= 15 is 0 Å². The Morgan fingerprint density at radius 2 is 1.43 bits per heavy atom. The fourth-order valence-electron chi connectivity index (χ4n) is 1.34. The molecule has 1 rings (SSSR count). The lowest BCUT2D eigenvalue weighted by Crippen LogP contribution is -2.14. The van der Waals surface area contributed by atoms with Crippen molar-refractivity contribution in [1.82, 2.24) is 0 Å². The van der Waals surface area contributed by atoms with Crippen molar-refractivity contribution in [2.45, 2.75) is 6.92 Å². The van der Waals surface area contributed by atoms with Gasteiger partial charge >= 0.3 is 17.9 Å². The summed E-state index contributed by atoms with van der Waals surface area (Å²) < 4.78 is 14.2. The Morgan fingerprint density at radius 1 is 0.952 bits per heavy atom. The fraction of sp³-hybridized carbons (Fsp3) is 0.267. The van der Waals surface area contributed by atoms with Gasteiger partial charge < -0.3 is 14.2 Å². The zero-order valence-electron chi connectivity index (χ0n) is 11.9. The third-order valence-electron chi connectivity index (χ3n) is 2.44. The maximum atomic E-state index is 11.7. The molecule has 0 unspecified atom stereocenters. The summed E-state index contributed by atoms with van der Waals surface area (Å²) in [4.78, 5) is 34.0. The molecule has 6 heteroatoms. The van der Waals surface area contributed by atoms with Crippen molar-refractivity contribution < 1.29 is 28.6 Å². The van der Waals surface area contributed by atoms with Crippen LogP contribution in [0.3, 0.4) is 0 Å². The molecule has 0 atom stereocenters. The number of benzene rings is 1. The van der Waals surface area contributed by atoms with Crippen LogP contribution in [0.5, 0.6) is 0 Å². The largest absolute Gasteiger partial charge is 0.465 e. The molecule has 0 spiro atoms. The number of rotatable bonds is 6. The van der Waals surface area contributed by atoms with Gasteiger partial charge in [0.15, 0.2) is 0 Å². The lowest BCUT2D eigenvalue weighted by Gasteiger charge is -2.06. The molecule has 0 radical (unpaired) electrons. The van der Waals surface area contributed by atoms with Crippen LogP contribution >= 0.6 is 0 Å². The van der Waals surface area contributed by atoms with Gasteiger partial charge in [-0.3, -0.25) is 0 Å². The molecule has 21 heavy (non-hydrogen) atoms. The summed E-state index contributed by atoms with van der Waals surface area (Å²) >= 11 is 0. The SMILES string of the molecule is C=C(C)C(=O)OCCOC(=O)c1ccc(C(=O)OC)cc1. The van der Waals surface area contributed by atoms with Gasteiger partial charge in [0.2, 0.25) is 0 Å². The first-order valence-corrected chi connectivity index (χ1v) is 6.14. The summed E-state index contributed by atoms with van der Waals surface area (Å²) in [5.41, 5.74) is 0.901. The lowest BCUT2D eigenvalue weighted by atomic mass is 10.1. The van der Waals surface area contributed by atoms with Crippen molar-refractivity contribution in [3.05, 3.63) is 47.5 Å². The summed E-state index contributed by atoms with van der Waals surface area (Å²) in [6, 6.07) is 5.83. The third-order valence-corrected chi connectivity index (χ3v) is 2.44. The quantitative estimate of drug-likeness (QED) is 0.344. The number of ether oxygens (including phenoxy) is 3. The summed E-state index contributed by atoms with van der Waals surface area (Å²) in [5, 5.41) is 0. The lowest BCUT2D eigenvalue weighted by molar-refractivity contribution is -0.140. The Hall–Kier alpha value is -2.63. The third kappa shape index (κ3) is 5.10. The van der Waals surface area contributed by atoms with E-state index in [0.717, 1.165) is 0 Å². The minimum absolute atomic E-state index is 0.0440. The fourth-order valence-corrected chi connectivity index (χ4v) is 1.34. The number of esters is 3. The molecule has 0 bridgehead atoms. The second kappa shape index (κ2) is 7.84. The molecule has 0 aliphatic rings. The van der Waals surface area contributed by atoms with Gasteiger partial charge in [-0.25, -0.2) is 14.4 Å². The molecule has 0 fully saturated rings. The first-order chi connectivity index (χ1) is 9.95. The van der Waals surface area contributed by atoms with Gasteiger partial charge in [-0.1, -0.05) is 6.58 Å². The summed E-state index contributed by atoms with van der Waals surface area (Å²) in [6.07, 6.45) is 0. The van der Waals surface area contributed by atoms with Crippen LogP contribution < -0.4 is 0 Å². The maximum absolute atomic E-state index is 11.7. The van der Waals surface area contributed by atoms with Crippen LogP contribution in [0.25, 0.3) is 0 Å². The molecule has 1 aromatic rings. The van der Waals surface area contributed by atoms with Gasteiger partial charge in [0.1, 0.15) is 13.2 Å². The molecule has 0 aromatic heterocycles. The second-order valence-corrected chi connectivity index (χ2v) is 4.12. The van der Waals surface area contributed by atoms with Crippen LogP contribution in [-0.4, -0.2) is 38.2 Å². The van der Waals surface area contributed by atoms with Crippen LogP contribution in [0.1, 0.15) is 27.6 Å². The highest BCUT2D eigenvalue weighted by molar-refractivity contribution is 5.93. The molecular formula is C15H16O6. The highest BCUT2D eigenvalue weighted by atomic mass is 16.6. The Labute approximate surface area is 122 Å². The van der Waals surface area contributed by atoms with Crippen molar-refractivity contribution in [3.63, 3.8) is 0 Å². The Kier molecular flexibility index (Phi) is 6.13. The van der Waals surface area contributed by atoms with Crippen LogP contribution in [0.2, 0.25) is 0 Å². The van der Waals surface area contributed by atoms with Crippen molar-refractivity contribution in [1.29, 1.82) is 0 Å². The minimum atomic E-state index is -0.571. The van der Waals surface area contributed by atoms with Crippen molar-refractivity contribution in [2.75, 3.05) is 20.3 Å². The molecule has 0 heterocycles. The highest BCUT2D eigenvalue weighted by Crippen LogP contribution is 2.07. The van der Waals surface area contributed by atoms with Crippen molar-refractivity contribution in [3.8, 4) is 0 Å². The van der Waals surface area contributed by atoms with E-state index in [-0.39, 0.29) is 24.4 Å². The van der Waals surface area contributed by atoms with Crippen LogP contribution in [0.15, 0.2) is 36.4 Å². The molecule has 1 aromatic carbocycles. The van der Waals surface area contributed by atoms with Crippen LogP contribution in [0.4, 0.5) is 0 Å². The monoisotopic (exact) mass is 292 g/mol. The molecule has 0 aliphatic heterocycles. The zero-order valence-corrected chi connectivity index (χ0v) is 11.9. The Morgan fingerprint density at radius 3 is 1.90 bits per heavy atom. The minimum Gasteiger partial charge on any atom is -0.465 e. The normalized spacial score (nSPS) is 9.62. The van der Waals surface area contributed by atoms with Gasteiger partial charge in [0.25, 0.3) is 0 Å². The Bertz CT molecular complexity index is 544. The van der Waals surface area contributed by atoms with Crippen molar-refractivity contribution >= 4 is 17.9 Å². The van der Waals surface area contributed by atoms with Gasteiger partial charge in [0.05, 0.1) is 18.2 Å². The first kappa shape index (κ1) is 16.4. The molecule has 0 aliphatic carbocycles. The van der Waals surface area contributed by atoms with E-state index in [1.165, 1.54) is 38.3 Å². The summed E-state index contributed by atoms with van der Waals surface area (Å²) in [6.45, 7) is 4.85. The number of carbonyl (C=O) groups is 3. The predicted octanol–water partition coefficient (Wildman–Crippen LogP) is 1.75. The molecule has 0 N–H and O–H groups in total. The average molecular weight is 292 g/mol. The smallest absolute Gasteiger partial charge is 0.338 e. The number of methoxy groups -OCH3 is 1.